The van der Waals surface area contributed by atoms with E-state index in [1.165, 1.54) is 48.7 Å². The van der Waals surface area contributed by atoms with E-state index >= 15 is 0 Å². The van der Waals surface area contributed by atoms with Crippen LogP contribution >= 0.6 is 0 Å². The van der Waals surface area contributed by atoms with Crippen molar-refractivity contribution >= 4 is 34.4 Å². The molecule has 3 amide bonds. The second-order valence-electron chi connectivity index (χ2n) is 9.94. The molecule has 0 aliphatic rings. The number of carbonyl (C=O) groups is 3. The van der Waals surface area contributed by atoms with Gasteiger partial charge >= 0.3 is 6.03 Å². The number of rotatable bonds is 12. The fourth-order valence-electron chi connectivity index (χ4n) is 4.33. The number of hydrogen-bond acceptors (Lipinski definition) is 7. The number of fused-ring (bicyclic) bond motifs is 1. The molecule has 0 atom stereocenters. The third kappa shape index (κ3) is 8.53. The SMILES string of the molecule is C/C=C/C(=O)COc1cccc(OCc2cc3c(Oc4ccc(NC(=O)NC(=O)Cc5ccc(F)cc5)cc4F)ccnc3[nH]2)c1. The summed E-state index contributed by atoms with van der Waals surface area (Å²) in [5.74, 6) is -0.709. The number of aromatic nitrogens is 2. The number of urea groups is 1. The maximum absolute atomic E-state index is 15.0. The van der Waals surface area contributed by atoms with Crippen molar-refractivity contribution in [3.8, 4) is 23.0 Å². The van der Waals surface area contributed by atoms with E-state index < -0.39 is 23.6 Å². The van der Waals surface area contributed by atoms with Gasteiger partial charge in [0.25, 0.3) is 0 Å². The Hall–Kier alpha value is -6.04. The van der Waals surface area contributed by atoms with E-state index in [1.807, 2.05) is 0 Å². The minimum absolute atomic E-state index is 0.0829. The zero-order valence-electron chi connectivity index (χ0n) is 24.5. The van der Waals surface area contributed by atoms with Crippen LogP contribution in [0.25, 0.3) is 11.0 Å². The summed E-state index contributed by atoms with van der Waals surface area (Å²) < 4.78 is 45.3. The summed E-state index contributed by atoms with van der Waals surface area (Å²) in [4.78, 5) is 43.5. The van der Waals surface area contributed by atoms with E-state index in [9.17, 15) is 23.2 Å². The Morgan fingerprint density at radius 1 is 0.913 bits per heavy atom. The lowest BCUT2D eigenvalue weighted by Crippen LogP contribution is -2.35. The number of pyridine rings is 1. The van der Waals surface area contributed by atoms with Crippen LogP contribution in [0.5, 0.6) is 23.0 Å². The van der Waals surface area contributed by atoms with Gasteiger partial charge in [-0.2, -0.15) is 0 Å². The summed E-state index contributed by atoms with van der Waals surface area (Å²) in [5.41, 5.74) is 1.79. The van der Waals surface area contributed by atoms with Crippen molar-refractivity contribution in [1.82, 2.24) is 15.3 Å². The lowest BCUT2D eigenvalue weighted by Gasteiger charge is -2.10. The molecule has 10 nitrogen and oxygen atoms in total. The van der Waals surface area contributed by atoms with Gasteiger partial charge in [-0.3, -0.25) is 14.9 Å². The van der Waals surface area contributed by atoms with Crippen LogP contribution in [0.1, 0.15) is 18.2 Å². The largest absolute Gasteiger partial charge is 0.487 e. The van der Waals surface area contributed by atoms with Crippen LogP contribution in [-0.4, -0.2) is 34.3 Å². The van der Waals surface area contributed by atoms with Gasteiger partial charge in [-0.05, 0) is 67.1 Å². The highest BCUT2D eigenvalue weighted by Gasteiger charge is 2.14. The molecule has 0 saturated carbocycles. The highest BCUT2D eigenvalue weighted by molar-refractivity contribution is 6.01. The first-order valence-corrected chi connectivity index (χ1v) is 14.1. The maximum atomic E-state index is 15.0. The number of ketones is 1. The Balaban J connectivity index is 1.18. The number of imide groups is 1. The van der Waals surface area contributed by atoms with Gasteiger partial charge in [-0.25, -0.2) is 18.6 Å². The van der Waals surface area contributed by atoms with Crippen molar-refractivity contribution in [3.05, 3.63) is 120 Å². The smallest absolute Gasteiger partial charge is 0.325 e. The van der Waals surface area contributed by atoms with E-state index in [2.05, 4.69) is 20.6 Å². The molecule has 3 aromatic carbocycles. The summed E-state index contributed by atoms with van der Waals surface area (Å²) in [6, 6.07) is 18.5. The molecule has 0 radical (unpaired) electrons. The van der Waals surface area contributed by atoms with Crippen LogP contribution in [0.3, 0.4) is 0 Å². The van der Waals surface area contributed by atoms with Crippen molar-refractivity contribution in [2.45, 2.75) is 20.0 Å². The summed E-state index contributed by atoms with van der Waals surface area (Å²) in [7, 11) is 0. The molecule has 46 heavy (non-hydrogen) atoms. The number of amides is 3. The lowest BCUT2D eigenvalue weighted by atomic mass is 10.1. The Morgan fingerprint density at radius 3 is 2.46 bits per heavy atom. The third-order valence-electron chi connectivity index (χ3n) is 6.42. The van der Waals surface area contributed by atoms with E-state index in [0.29, 0.717) is 39.5 Å². The highest BCUT2D eigenvalue weighted by Crippen LogP contribution is 2.32. The van der Waals surface area contributed by atoms with Gasteiger partial charge < -0.3 is 24.5 Å². The first-order valence-electron chi connectivity index (χ1n) is 14.1. The summed E-state index contributed by atoms with van der Waals surface area (Å²) in [5, 5.41) is 5.13. The highest BCUT2D eigenvalue weighted by atomic mass is 19.1. The van der Waals surface area contributed by atoms with Gasteiger partial charge in [0.15, 0.2) is 24.0 Å². The van der Waals surface area contributed by atoms with Gasteiger partial charge in [0.05, 0.1) is 17.5 Å². The number of halogens is 2. The maximum Gasteiger partial charge on any atom is 0.325 e. The fourth-order valence-corrected chi connectivity index (χ4v) is 4.33. The number of hydrogen-bond donors (Lipinski definition) is 3. The Labute approximate surface area is 262 Å². The van der Waals surface area contributed by atoms with E-state index in [-0.39, 0.29) is 36.9 Å². The Bertz CT molecular complexity index is 1910. The zero-order chi connectivity index (χ0) is 32.5. The first-order chi connectivity index (χ1) is 22.2. The monoisotopic (exact) mass is 626 g/mol. The van der Waals surface area contributed by atoms with Crippen LogP contribution in [0.15, 0.2) is 97.2 Å². The number of aromatic amines is 1. The van der Waals surface area contributed by atoms with E-state index in [0.717, 1.165) is 6.07 Å². The van der Waals surface area contributed by atoms with Crippen molar-refractivity contribution in [2.75, 3.05) is 11.9 Å². The van der Waals surface area contributed by atoms with Gasteiger partial charge in [-0.1, -0.05) is 24.3 Å². The lowest BCUT2D eigenvalue weighted by molar-refractivity contribution is -0.119. The normalized spacial score (nSPS) is 10.9. The molecule has 0 fully saturated rings. The molecule has 0 bridgehead atoms. The van der Waals surface area contributed by atoms with Crippen LogP contribution in [0.2, 0.25) is 0 Å². The van der Waals surface area contributed by atoms with Crippen LogP contribution in [-0.2, 0) is 22.6 Å². The zero-order valence-corrected chi connectivity index (χ0v) is 24.5. The van der Waals surface area contributed by atoms with Crippen molar-refractivity contribution < 1.29 is 37.4 Å². The topological polar surface area (TPSA) is 132 Å². The molecule has 2 heterocycles. The molecule has 0 aliphatic heterocycles. The molecule has 0 spiro atoms. The Morgan fingerprint density at radius 2 is 1.70 bits per heavy atom. The minimum atomic E-state index is -0.850. The van der Waals surface area contributed by atoms with Crippen LogP contribution in [0.4, 0.5) is 19.3 Å². The van der Waals surface area contributed by atoms with Gasteiger partial charge in [0.1, 0.15) is 35.3 Å². The van der Waals surface area contributed by atoms with Gasteiger partial charge in [0.2, 0.25) is 5.91 Å². The number of carbonyl (C=O) groups excluding carboxylic acids is 3. The molecule has 12 heteroatoms. The standard InChI is InChI=1S/C34H28F2N4O6/c1-2-4-25(41)20-45-27-6-3-5-26(18-27)44-19-24-16-28-30(13-14-37-33(28)38-24)46-31-12-11-23(17-29(31)36)39-34(43)40-32(42)15-21-7-9-22(35)10-8-21/h2-14,16-18H,15,19-20H2,1H3,(H,37,38)(H2,39,40,42,43)/b4-2+. The molecule has 0 unspecified atom stereocenters. The molecule has 2 aromatic heterocycles. The molecule has 234 valence electrons. The predicted octanol–water partition coefficient (Wildman–Crippen LogP) is 6.63. The molecular weight excluding hydrogens is 598 g/mol. The molecule has 5 rings (SSSR count). The average molecular weight is 627 g/mol. The number of ether oxygens (including phenoxy) is 3. The summed E-state index contributed by atoms with van der Waals surface area (Å²) in [6.45, 7) is 1.83. The van der Waals surface area contributed by atoms with E-state index in [1.54, 1.807) is 49.4 Å². The summed E-state index contributed by atoms with van der Waals surface area (Å²) >= 11 is 0. The minimum Gasteiger partial charge on any atom is -0.487 e. The van der Waals surface area contributed by atoms with Crippen LogP contribution < -0.4 is 24.8 Å². The molecule has 3 N–H and O–H groups in total. The molecule has 0 saturated heterocycles. The van der Waals surface area contributed by atoms with Crippen molar-refractivity contribution in [2.24, 2.45) is 0 Å². The number of benzene rings is 3. The summed E-state index contributed by atoms with van der Waals surface area (Å²) in [6.07, 6.45) is 4.47. The first kappa shape index (κ1) is 31.4. The third-order valence-corrected chi connectivity index (χ3v) is 6.42. The van der Waals surface area contributed by atoms with Gasteiger partial charge in [-0.15, -0.1) is 0 Å². The second kappa shape index (κ2) is 14.6. The van der Waals surface area contributed by atoms with Crippen molar-refractivity contribution in [3.63, 3.8) is 0 Å². The van der Waals surface area contributed by atoms with Gasteiger partial charge in [0, 0.05) is 24.0 Å². The molecular formula is C34H28F2N4O6. The number of H-pyrrole nitrogens is 1. The number of anilines is 1. The molecule has 0 aliphatic carbocycles. The van der Waals surface area contributed by atoms with E-state index in [4.69, 9.17) is 14.2 Å². The second-order valence-corrected chi connectivity index (χ2v) is 9.94. The number of allylic oxidation sites excluding steroid dienone is 1. The predicted molar refractivity (Wildman–Crippen MR) is 166 cm³/mol. The quantitative estimate of drug-likeness (QED) is 0.133. The number of nitrogens with one attached hydrogen (secondary N) is 3. The van der Waals surface area contributed by atoms with Crippen LogP contribution in [0, 0.1) is 11.6 Å². The number of nitrogens with zero attached hydrogens (tertiary/aromatic N) is 1. The Kier molecular flexibility index (Phi) is 9.98. The fraction of sp³-hybridized carbons (Fsp3) is 0.118. The van der Waals surface area contributed by atoms with Crippen molar-refractivity contribution in [1.29, 1.82) is 0 Å². The average Bonchev–Trinajstić information content (AvgIpc) is 3.46. The molecule has 5 aromatic rings.